The van der Waals surface area contributed by atoms with Crippen LogP contribution in [0.3, 0.4) is 0 Å². The second kappa shape index (κ2) is 4.23. The molecule has 0 amide bonds. The fraction of sp³-hybridized carbons (Fsp3) is 0.333. The third kappa shape index (κ3) is 1.98. The second-order valence-electron chi connectivity index (χ2n) is 2.72. The van der Waals surface area contributed by atoms with Gasteiger partial charge in [-0.25, -0.2) is 0 Å². The summed E-state index contributed by atoms with van der Waals surface area (Å²) in [6.07, 6.45) is 0. The van der Waals surface area contributed by atoms with Crippen LogP contribution < -0.4 is 5.11 Å². The monoisotopic (exact) mass is 183 g/mol. The van der Waals surface area contributed by atoms with Crippen molar-refractivity contribution in [3.8, 4) is 5.75 Å². The van der Waals surface area contributed by atoms with Crippen molar-refractivity contribution in [3.05, 3.63) is 28.8 Å². The highest BCUT2D eigenvalue weighted by Gasteiger charge is 2.01. The Morgan fingerprint density at radius 3 is 1.69 bits per heavy atom. The summed E-state index contributed by atoms with van der Waals surface area (Å²) in [4.78, 5) is 0. The maximum absolute atomic E-state index is 11.3. The lowest BCUT2D eigenvalue weighted by Crippen LogP contribution is -2.04. The first-order valence-corrected chi connectivity index (χ1v) is 3.87. The van der Waals surface area contributed by atoms with Crippen molar-refractivity contribution in [2.24, 2.45) is 0 Å². The van der Waals surface area contributed by atoms with E-state index in [1.165, 1.54) is 12.1 Å². The van der Waals surface area contributed by atoms with Crippen molar-refractivity contribution in [1.29, 1.82) is 0 Å². The Labute approximate surface area is 75.7 Å². The van der Waals surface area contributed by atoms with E-state index < -0.39 is 0 Å². The molecule has 1 rings (SSSR count). The van der Waals surface area contributed by atoms with Crippen molar-refractivity contribution in [1.82, 2.24) is 0 Å². The van der Waals surface area contributed by atoms with E-state index in [1.807, 2.05) is 0 Å². The minimum absolute atomic E-state index is 0.204. The second-order valence-corrected chi connectivity index (χ2v) is 2.72. The van der Waals surface area contributed by atoms with Crippen LogP contribution in [-0.4, -0.2) is 15.3 Å². The third-order valence-corrected chi connectivity index (χ3v) is 1.83. The molecule has 0 heterocycles. The summed E-state index contributed by atoms with van der Waals surface area (Å²) in [7, 11) is 0. The van der Waals surface area contributed by atoms with E-state index in [2.05, 4.69) is 0 Å². The average molecular weight is 183 g/mol. The summed E-state index contributed by atoms with van der Waals surface area (Å²) in [6.45, 7) is -0.959. The Balaban J connectivity index is 3.20. The van der Waals surface area contributed by atoms with Gasteiger partial charge in [0.05, 0.1) is 19.8 Å². The molecule has 0 spiro atoms. The van der Waals surface area contributed by atoms with Crippen molar-refractivity contribution in [3.63, 3.8) is 0 Å². The smallest absolute Gasteiger partial charge is 0.0682 e. The minimum atomic E-state index is -0.375. The molecule has 0 aliphatic carbocycles. The number of rotatable bonds is 3. The molecule has 3 N–H and O–H groups in total. The highest BCUT2D eigenvalue weighted by atomic mass is 16.3. The van der Waals surface area contributed by atoms with Gasteiger partial charge in [-0.2, -0.15) is 0 Å². The SMILES string of the molecule is [O-]c1c(CO)cc(CO)cc1CO. The molecule has 4 heteroatoms. The Morgan fingerprint density at radius 1 is 0.923 bits per heavy atom. The van der Waals surface area contributed by atoms with Gasteiger partial charge in [0.2, 0.25) is 0 Å². The fourth-order valence-electron chi connectivity index (χ4n) is 1.15. The maximum Gasteiger partial charge on any atom is 0.0682 e. The molecule has 13 heavy (non-hydrogen) atoms. The fourth-order valence-corrected chi connectivity index (χ4v) is 1.15. The zero-order valence-corrected chi connectivity index (χ0v) is 7.03. The summed E-state index contributed by atoms with van der Waals surface area (Å²) >= 11 is 0. The van der Waals surface area contributed by atoms with Crippen LogP contribution >= 0.6 is 0 Å². The molecule has 0 bridgehead atoms. The van der Waals surface area contributed by atoms with Crippen LogP contribution in [0.25, 0.3) is 0 Å². The summed E-state index contributed by atoms with van der Waals surface area (Å²) in [5, 5.41) is 37.7. The zero-order valence-electron chi connectivity index (χ0n) is 7.03. The van der Waals surface area contributed by atoms with Gasteiger partial charge in [-0.1, -0.05) is 17.9 Å². The van der Waals surface area contributed by atoms with Gasteiger partial charge in [0.25, 0.3) is 0 Å². The first kappa shape index (κ1) is 9.98. The molecule has 0 atom stereocenters. The van der Waals surface area contributed by atoms with Crippen LogP contribution in [0.15, 0.2) is 12.1 Å². The number of aliphatic hydroxyl groups is 3. The first-order valence-electron chi connectivity index (χ1n) is 3.87. The normalized spacial score (nSPS) is 10.4. The lowest BCUT2D eigenvalue weighted by Gasteiger charge is -2.17. The van der Waals surface area contributed by atoms with Crippen LogP contribution in [0, 0.1) is 0 Å². The molecule has 0 radical (unpaired) electrons. The number of hydrogen-bond acceptors (Lipinski definition) is 4. The molecular weight excluding hydrogens is 172 g/mol. The quantitative estimate of drug-likeness (QED) is 0.575. The van der Waals surface area contributed by atoms with Crippen LogP contribution in [-0.2, 0) is 19.8 Å². The predicted molar refractivity (Wildman–Crippen MR) is 43.7 cm³/mol. The Hall–Kier alpha value is -1.10. The molecule has 1 aromatic rings. The van der Waals surface area contributed by atoms with Crippen molar-refractivity contribution < 1.29 is 20.4 Å². The van der Waals surface area contributed by atoms with E-state index in [0.717, 1.165) is 0 Å². The molecule has 0 saturated carbocycles. The summed E-state index contributed by atoms with van der Waals surface area (Å²) in [5.41, 5.74) is 0.930. The third-order valence-electron chi connectivity index (χ3n) is 1.83. The molecule has 0 unspecified atom stereocenters. The summed E-state index contributed by atoms with van der Waals surface area (Å²) < 4.78 is 0. The minimum Gasteiger partial charge on any atom is -0.872 e. The molecule has 4 nitrogen and oxygen atoms in total. The number of benzene rings is 1. The molecule has 1 aromatic carbocycles. The largest absolute Gasteiger partial charge is 0.872 e. The van der Waals surface area contributed by atoms with Gasteiger partial charge >= 0.3 is 0 Å². The molecule has 0 fully saturated rings. The van der Waals surface area contributed by atoms with Crippen molar-refractivity contribution in [2.75, 3.05) is 0 Å². The molecule has 0 aromatic heterocycles. The Kier molecular flexibility index (Phi) is 3.25. The number of aliphatic hydroxyl groups excluding tert-OH is 3. The lowest BCUT2D eigenvalue weighted by atomic mass is 10.1. The van der Waals surface area contributed by atoms with Gasteiger partial charge in [0, 0.05) is 0 Å². The van der Waals surface area contributed by atoms with Gasteiger partial charge in [-0.3, -0.25) is 0 Å². The van der Waals surface area contributed by atoms with E-state index in [0.29, 0.717) is 5.56 Å². The molecule has 0 aliphatic heterocycles. The van der Waals surface area contributed by atoms with Gasteiger partial charge < -0.3 is 20.4 Å². The molecular formula is C9H11O4-. The Morgan fingerprint density at radius 2 is 1.38 bits per heavy atom. The van der Waals surface area contributed by atoms with E-state index >= 15 is 0 Å². The van der Waals surface area contributed by atoms with E-state index in [9.17, 15) is 5.11 Å². The van der Waals surface area contributed by atoms with Crippen molar-refractivity contribution in [2.45, 2.75) is 19.8 Å². The first-order chi connectivity index (χ1) is 6.22. The molecule has 0 saturated heterocycles. The number of hydrogen-bond donors (Lipinski definition) is 3. The standard InChI is InChI=1S/C9H12O4/c10-3-6-1-7(4-11)9(13)8(2-6)5-12/h1-2,10-13H,3-5H2/p-1. The maximum atomic E-state index is 11.3. The van der Waals surface area contributed by atoms with Crippen molar-refractivity contribution >= 4 is 0 Å². The topological polar surface area (TPSA) is 83.8 Å². The van der Waals surface area contributed by atoms with E-state index in [4.69, 9.17) is 15.3 Å². The Bertz CT molecular complexity index is 271. The molecule has 72 valence electrons. The van der Waals surface area contributed by atoms with Gasteiger partial charge in [-0.15, -0.1) is 0 Å². The van der Waals surface area contributed by atoms with Gasteiger partial charge in [-0.05, 0) is 16.7 Å². The highest BCUT2D eigenvalue weighted by Crippen LogP contribution is 2.22. The average Bonchev–Trinajstić information content (AvgIpc) is 2.18. The van der Waals surface area contributed by atoms with Gasteiger partial charge in [0.1, 0.15) is 0 Å². The lowest BCUT2D eigenvalue weighted by molar-refractivity contribution is -0.271. The highest BCUT2D eigenvalue weighted by molar-refractivity contribution is 5.42. The van der Waals surface area contributed by atoms with E-state index in [1.54, 1.807) is 0 Å². The van der Waals surface area contributed by atoms with Crippen LogP contribution in [0.2, 0.25) is 0 Å². The van der Waals surface area contributed by atoms with Crippen LogP contribution in [0.1, 0.15) is 16.7 Å². The summed E-state index contributed by atoms with van der Waals surface area (Å²) in [5.74, 6) is -0.359. The zero-order chi connectivity index (χ0) is 9.84. The van der Waals surface area contributed by atoms with E-state index in [-0.39, 0.29) is 36.7 Å². The molecule has 0 aliphatic rings. The van der Waals surface area contributed by atoms with Crippen LogP contribution in [0.4, 0.5) is 0 Å². The van der Waals surface area contributed by atoms with Gasteiger partial charge in [0.15, 0.2) is 0 Å². The predicted octanol–water partition coefficient (Wildman–Crippen LogP) is -0.763. The van der Waals surface area contributed by atoms with Crippen LogP contribution in [0.5, 0.6) is 5.75 Å². The summed E-state index contributed by atoms with van der Waals surface area (Å²) in [6, 6.07) is 2.86.